The van der Waals surface area contributed by atoms with Crippen molar-refractivity contribution in [3.8, 4) is 6.07 Å². The molecule has 0 spiro atoms. The minimum Gasteiger partial charge on any atom is -0.386 e. The van der Waals surface area contributed by atoms with Crippen LogP contribution in [0.25, 0.3) is 10.9 Å². The Morgan fingerprint density at radius 3 is 2.61 bits per heavy atom. The number of aromatic nitrogens is 3. The van der Waals surface area contributed by atoms with Crippen molar-refractivity contribution in [3.05, 3.63) is 53.7 Å². The van der Waals surface area contributed by atoms with Crippen molar-refractivity contribution in [3.63, 3.8) is 0 Å². The first-order chi connectivity index (χ1) is 15.8. The second-order valence-corrected chi connectivity index (χ2v) is 10.3. The lowest BCUT2D eigenvalue weighted by atomic mass is 10.1. The molecule has 0 radical (unpaired) electrons. The molecular weight excluding hydrogens is 445 g/mol. The van der Waals surface area contributed by atoms with Crippen LogP contribution in [0.4, 0.5) is 16.0 Å². The van der Waals surface area contributed by atoms with E-state index in [0.29, 0.717) is 22.3 Å². The number of nitrogens with one attached hydrogen (secondary N) is 1. The topological polar surface area (TPSA) is 147 Å². The van der Waals surface area contributed by atoms with Crippen molar-refractivity contribution >= 4 is 38.2 Å². The molecule has 1 aliphatic heterocycles. The third kappa shape index (κ3) is 5.06. The molecule has 0 bridgehead atoms. The predicted molar refractivity (Wildman–Crippen MR) is 123 cm³/mol. The number of rotatable bonds is 3. The first kappa shape index (κ1) is 22.5. The second kappa shape index (κ2) is 9.07. The molecule has 11 heteroatoms. The van der Waals surface area contributed by atoms with Crippen molar-refractivity contribution in [2.45, 2.75) is 37.5 Å². The molecule has 0 aromatic carbocycles. The Hall–Kier alpha value is -3.65. The van der Waals surface area contributed by atoms with Crippen molar-refractivity contribution in [1.82, 2.24) is 15.0 Å². The molecule has 1 aliphatic carbocycles. The number of amidine groups is 1. The molecule has 33 heavy (non-hydrogen) atoms. The van der Waals surface area contributed by atoms with Crippen LogP contribution in [0.3, 0.4) is 0 Å². The van der Waals surface area contributed by atoms with E-state index in [4.69, 9.17) is 11.0 Å². The summed E-state index contributed by atoms with van der Waals surface area (Å²) in [6.45, 7) is 1.46. The van der Waals surface area contributed by atoms with E-state index in [1.165, 1.54) is 44.6 Å². The summed E-state index contributed by atoms with van der Waals surface area (Å²) in [4.78, 5) is 16.7. The molecule has 1 saturated carbocycles. The summed E-state index contributed by atoms with van der Waals surface area (Å²) in [7, 11) is -3.54. The number of nitrogens with zero attached hydrogens (tertiary/aromatic N) is 5. The van der Waals surface area contributed by atoms with Crippen LogP contribution in [0.1, 0.15) is 43.4 Å². The third-order valence-electron chi connectivity index (χ3n) is 5.22. The largest absolute Gasteiger partial charge is 0.386 e. The van der Waals surface area contributed by atoms with Gasteiger partial charge < -0.3 is 11.1 Å². The quantitative estimate of drug-likeness (QED) is 0.597. The number of aliphatic imine (C=N–C) groups is 1. The van der Waals surface area contributed by atoms with Crippen molar-refractivity contribution < 1.29 is 12.8 Å². The van der Waals surface area contributed by atoms with Gasteiger partial charge in [0.25, 0.3) is 0 Å². The number of anilines is 2. The Morgan fingerprint density at radius 2 is 1.94 bits per heavy atom. The SMILES string of the molecule is C1CC1.CC1C(N)=NC(c2cc(Nc3nccc4cc(C#N)cnc34)ncc2F)CS1(=O)=O. The molecule has 170 valence electrons. The highest BCUT2D eigenvalue weighted by Gasteiger charge is 2.35. The number of pyridine rings is 3. The minimum absolute atomic E-state index is 0.0508. The Kier molecular flexibility index (Phi) is 6.20. The van der Waals surface area contributed by atoms with Gasteiger partial charge in [-0.1, -0.05) is 19.3 Å². The fourth-order valence-electron chi connectivity index (χ4n) is 3.14. The Morgan fingerprint density at radius 1 is 1.18 bits per heavy atom. The van der Waals surface area contributed by atoms with Crippen molar-refractivity contribution in [1.29, 1.82) is 5.26 Å². The van der Waals surface area contributed by atoms with Gasteiger partial charge in [0.05, 0.1) is 23.6 Å². The highest BCUT2D eigenvalue weighted by Crippen LogP contribution is 2.30. The van der Waals surface area contributed by atoms with Crippen LogP contribution in [0.2, 0.25) is 0 Å². The molecule has 3 N–H and O–H groups in total. The lowest BCUT2D eigenvalue weighted by Gasteiger charge is -2.24. The number of nitriles is 1. The lowest BCUT2D eigenvalue weighted by Crippen LogP contribution is -2.40. The van der Waals surface area contributed by atoms with Gasteiger partial charge in [-0.15, -0.1) is 0 Å². The first-order valence-corrected chi connectivity index (χ1v) is 12.1. The number of hydrogen-bond donors (Lipinski definition) is 2. The fourth-order valence-corrected chi connectivity index (χ4v) is 4.55. The van der Waals surface area contributed by atoms with E-state index in [0.717, 1.165) is 6.20 Å². The van der Waals surface area contributed by atoms with Crippen molar-refractivity contribution in [2.24, 2.45) is 10.7 Å². The van der Waals surface area contributed by atoms with Crippen LogP contribution < -0.4 is 11.1 Å². The van der Waals surface area contributed by atoms with E-state index in [1.807, 2.05) is 6.07 Å². The number of hydrogen-bond acceptors (Lipinski definition) is 9. The van der Waals surface area contributed by atoms with Gasteiger partial charge >= 0.3 is 0 Å². The molecule has 1 fully saturated rings. The lowest BCUT2D eigenvalue weighted by molar-refractivity contribution is 0.565. The smallest absolute Gasteiger partial charge is 0.162 e. The molecule has 5 rings (SSSR count). The van der Waals surface area contributed by atoms with E-state index in [9.17, 15) is 12.8 Å². The highest BCUT2D eigenvalue weighted by atomic mass is 32.2. The average molecular weight is 468 g/mol. The predicted octanol–water partition coefficient (Wildman–Crippen LogP) is 3.16. The maximum absolute atomic E-state index is 14.5. The number of nitrogens with two attached hydrogens (primary N) is 1. The zero-order valence-corrected chi connectivity index (χ0v) is 18.7. The summed E-state index contributed by atoms with van der Waals surface area (Å²) in [5, 5.41) is 11.8. The second-order valence-electron chi connectivity index (χ2n) is 7.89. The van der Waals surface area contributed by atoms with Crippen LogP contribution in [0, 0.1) is 17.1 Å². The van der Waals surface area contributed by atoms with Crippen LogP contribution in [0.15, 0.2) is 41.8 Å². The standard InChI is InChI=1S/C19H16FN7O2S.C3H6/c1-10-18(22)26-15(9-30(10,28)29)13-5-16(24-8-14(13)20)27-19-17-12(2-3-23-19)4-11(6-21)7-25-17;1-2-3-1/h2-5,7-8,10,15H,9H2,1H3,(H2,22,26)(H,23,24,27);1-3H2. The van der Waals surface area contributed by atoms with E-state index < -0.39 is 26.9 Å². The Bertz CT molecular complexity index is 1380. The summed E-state index contributed by atoms with van der Waals surface area (Å²) in [5.74, 6) is -0.489. The number of fused-ring (bicyclic) bond motifs is 1. The summed E-state index contributed by atoms with van der Waals surface area (Å²) >= 11 is 0. The van der Waals surface area contributed by atoms with Crippen molar-refractivity contribution in [2.75, 3.05) is 11.1 Å². The highest BCUT2D eigenvalue weighted by molar-refractivity contribution is 7.92. The molecule has 3 aromatic heterocycles. The van der Waals surface area contributed by atoms with E-state index in [-0.39, 0.29) is 23.0 Å². The van der Waals surface area contributed by atoms with Gasteiger partial charge in [-0.2, -0.15) is 5.26 Å². The zero-order valence-electron chi connectivity index (χ0n) is 17.9. The summed E-state index contributed by atoms with van der Waals surface area (Å²) < 4.78 is 39.1. The Balaban J connectivity index is 0.000000799. The molecule has 2 aliphatic rings. The van der Waals surface area contributed by atoms with Gasteiger partial charge in [0, 0.05) is 23.3 Å². The average Bonchev–Trinajstić information content (AvgIpc) is 3.68. The molecule has 4 heterocycles. The van der Waals surface area contributed by atoms with Crippen LogP contribution >= 0.6 is 0 Å². The van der Waals surface area contributed by atoms with Gasteiger partial charge in [-0.3, -0.25) is 9.98 Å². The number of sulfone groups is 1. The van der Waals surface area contributed by atoms with Gasteiger partial charge in [0.1, 0.15) is 34.3 Å². The normalized spacial score (nSPS) is 20.7. The van der Waals surface area contributed by atoms with Crippen LogP contribution in [-0.4, -0.2) is 40.2 Å². The van der Waals surface area contributed by atoms with E-state index in [2.05, 4.69) is 25.3 Å². The molecule has 0 amide bonds. The third-order valence-corrected chi connectivity index (χ3v) is 7.32. The summed E-state index contributed by atoms with van der Waals surface area (Å²) in [5.41, 5.74) is 6.72. The monoisotopic (exact) mass is 467 g/mol. The van der Waals surface area contributed by atoms with Gasteiger partial charge in [0.15, 0.2) is 15.7 Å². The molecule has 2 atom stereocenters. The van der Waals surface area contributed by atoms with Gasteiger partial charge in [0.2, 0.25) is 0 Å². The summed E-state index contributed by atoms with van der Waals surface area (Å²) in [6, 6.07) is 5.82. The fraction of sp³-hybridized carbons (Fsp3) is 0.318. The van der Waals surface area contributed by atoms with Gasteiger partial charge in [-0.25, -0.2) is 22.8 Å². The molecule has 9 nitrogen and oxygen atoms in total. The minimum atomic E-state index is -3.54. The van der Waals surface area contributed by atoms with Crippen LogP contribution in [-0.2, 0) is 9.84 Å². The number of halogens is 1. The molecule has 2 unspecified atom stereocenters. The van der Waals surface area contributed by atoms with Gasteiger partial charge in [-0.05, 0) is 25.1 Å². The molecule has 3 aromatic rings. The maximum Gasteiger partial charge on any atom is 0.162 e. The maximum atomic E-state index is 14.5. The first-order valence-electron chi connectivity index (χ1n) is 10.4. The van der Waals surface area contributed by atoms with E-state index in [1.54, 1.807) is 12.1 Å². The summed E-state index contributed by atoms with van der Waals surface area (Å²) in [6.07, 6.45) is 8.45. The van der Waals surface area contributed by atoms with Crippen LogP contribution in [0.5, 0.6) is 0 Å². The molecular formula is C22H22FN7O2S. The zero-order chi connectivity index (χ0) is 23.6. The Labute approximate surface area is 190 Å². The van der Waals surface area contributed by atoms with E-state index >= 15 is 0 Å². The molecule has 0 saturated heterocycles.